The molecule has 0 amide bonds. The Hall–Kier alpha value is -1.56. The molecule has 105 valence electrons. The molecule has 0 saturated carbocycles. The summed E-state index contributed by atoms with van der Waals surface area (Å²) in [5.74, 6) is 2.92. The first-order valence-electron chi connectivity index (χ1n) is 7.57. The number of hydrogen-bond donors (Lipinski definition) is 0. The van der Waals surface area contributed by atoms with Gasteiger partial charge in [0.05, 0.1) is 0 Å². The van der Waals surface area contributed by atoms with Crippen molar-refractivity contribution in [1.82, 2.24) is 0 Å². The summed E-state index contributed by atoms with van der Waals surface area (Å²) in [5, 5.41) is 0. The molecule has 0 bridgehead atoms. The molecule has 0 heteroatoms. The molecule has 0 aliphatic carbocycles. The summed E-state index contributed by atoms with van der Waals surface area (Å²) in [5.41, 5.74) is 2.86. The summed E-state index contributed by atoms with van der Waals surface area (Å²) in [6.07, 6.45) is 2.24. The lowest BCUT2D eigenvalue weighted by atomic mass is 9.77. The third-order valence-electron chi connectivity index (χ3n) is 4.06. The van der Waals surface area contributed by atoms with E-state index in [2.05, 4.69) is 81.4 Å². The fourth-order valence-electron chi connectivity index (χ4n) is 2.90. The zero-order chi connectivity index (χ0) is 14.4. The standard InChI is InChI=1S/C20H25/c1-16(2)20(15-19-12-8-5-9-13-19)17(3)14-18-10-6-4-7-11-18/h4-13,16,20H,14-15H2,1-3H3. The van der Waals surface area contributed by atoms with Crippen LogP contribution in [0.4, 0.5) is 0 Å². The Bertz CT molecular complexity index is 484. The van der Waals surface area contributed by atoms with E-state index in [1.807, 2.05) is 0 Å². The van der Waals surface area contributed by atoms with Crippen LogP contribution in [0, 0.1) is 17.8 Å². The van der Waals surface area contributed by atoms with Gasteiger partial charge in [0.15, 0.2) is 0 Å². The highest BCUT2D eigenvalue weighted by atomic mass is 14.3. The summed E-state index contributed by atoms with van der Waals surface area (Å²) in [6.45, 7) is 6.99. The molecule has 2 aromatic carbocycles. The largest absolute Gasteiger partial charge is 0.0625 e. The Morgan fingerprint density at radius 1 is 0.800 bits per heavy atom. The summed E-state index contributed by atoms with van der Waals surface area (Å²) in [6, 6.07) is 21.6. The van der Waals surface area contributed by atoms with Crippen molar-refractivity contribution in [1.29, 1.82) is 0 Å². The van der Waals surface area contributed by atoms with E-state index in [-0.39, 0.29) is 0 Å². The molecule has 0 aromatic heterocycles. The van der Waals surface area contributed by atoms with E-state index < -0.39 is 0 Å². The van der Waals surface area contributed by atoms with Crippen molar-refractivity contribution in [3.8, 4) is 0 Å². The molecule has 1 radical (unpaired) electrons. The molecule has 0 nitrogen and oxygen atoms in total. The maximum atomic E-state index is 2.34. The highest BCUT2D eigenvalue weighted by Crippen LogP contribution is 2.29. The highest BCUT2D eigenvalue weighted by molar-refractivity contribution is 5.22. The molecule has 0 aliphatic rings. The van der Waals surface area contributed by atoms with Gasteiger partial charge in [-0.15, -0.1) is 0 Å². The van der Waals surface area contributed by atoms with E-state index in [1.165, 1.54) is 11.1 Å². The fraction of sp³-hybridized carbons (Fsp3) is 0.350. The van der Waals surface area contributed by atoms with Gasteiger partial charge in [0.25, 0.3) is 0 Å². The second-order valence-corrected chi connectivity index (χ2v) is 6.05. The Kier molecular flexibility index (Phi) is 5.40. The van der Waals surface area contributed by atoms with E-state index in [4.69, 9.17) is 0 Å². The average molecular weight is 265 g/mol. The molecule has 0 heterocycles. The van der Waals surface area contributed by atoms with Gasteiger partial charge in [0.2, 0.25) is 0 Å². The van der Waals surface area contributed by atoms with Crippen molar-refractivity contribution in [3.05, 3.63) is 77.7 Å². The van der Waals surface area contributed by atoms with Gasteiger partial charge in [-0.1, -0.05) is 81.4 Å². The van der Waals surface area contributed by atoms with E-state index in [0.29, 0.717) is 11.8 Å². The van der Waals surface area contributed by atoms with Crippen LogP contribution in [-0.2, 0) is 12.8 Å². The van der Waals surface area contributed by atoms with Gasteiger partial charge in [-0.2, -0.15) is 0 Å². The van der Waals surface area contributed by atoms with Crippen molar-refractivity contribution in [3.63, 3.8) is 0 Å². The van der Waals surface area contributed by atoms with Crippen LogP contribution in [0.1, 0.15) is 31.9 Å². The quantitative estimate of drug-likeness (QED) is 0.661. The minimum absolute atomic E-state index is 0.651. The Morgan fingerprint density at radius 3 is 1.80 bits per heavy atom. The van der Waals surface area contributed by atoms with Gasteiger partial charge >= 0.3 is 0 Å². The molecule has 0 saturated heterocycles. The Labute approximate surface area is 123 Å². The van der Waals surface area contributed by atoms with Crippen LogP contribution >= 0.6 is 0 Å². The van der Waals surface area contributed by atoms with Crippen LogP contribution in [0.5, 0.6) is 0 Å². The van der Waals surface area contributed by atoms with Gasteiger partial charge in [0, 0.05) is 0 Å². The first kappa shape index (κ1) is 14.8. The van der Waals surface area contributed by atoms with Crippen molar-refractivity contribution < 1.29 is 0 Å². The van der Waals surface area contributed by atoms with Crippen LogP contribution < -0.4 is 0 Å². The second kappa shape index (κ2) is 7.28. The van der Waals surface area contributed by atoms with Gasteiger partial charge in [-0.25, -0.2) is 0 Å². The lowest BCUT2D eigenvalue weighted by Crippen LogP contribution is -2.20. The minimum atomic E-state index is 0.651. The smallest absolute Gasteiger partial charge is 0.0192 e. The zero-order valence-electron chi connectivity index (χ0n) is 12.8. The SMILES string of the molecule is C[C](Cc1ccccc1)C(Cc1ccccc1)C(C)C. The number of benzene rings is 2. The van der Waals surface area contributed by atoms with Gasteiger partial charge in [-0.05, 0) is 41.7 Å². The van der Waals surface area contributed by atoms with Crippen molar-refractivity contribution >= 4 is 0 Å². The van der Waals surface area contributed by atoms with Crippen LogP contribution in [0.15, 0.2) is 60.7 Å². The molecule has 1 unspecified atom stereocenters. The van der Waals surface area contributed by atoms with Gasteiger partial charge in [-0.3, -0.25) is 0 Å². The monoisotopic (exact) mass is 265 g/mol. The van der Waals surface area contributed by atoms with Crippen molar-refractivity contribution in [2.45, 2.75) is 33.6 Å². The third-order valence-corrected chi connectivity index (χ3v) is 4.06. The zero-order valence-corrected chi connectivity index (χ0v) is 12.8. The lowest BCUT2D eigenvalue weighted by Gasteiger charge is -2.27. The van der Waals surface area contributed by atoms with E-state index in [9.17, 15) is 0 Å². The molecule has 0 spiro atoms. The minimum Gasteiger partial charge on any atom is -0.0625 e. The molecular weight excluding hydrogens is 240 g/mol. The van der Waals surface area contributed by atoms with Crippen LogP contribution in [0.3, 0.4) is 0 Å². The molecule has 0 aliphatic heterocycles. The van der Waals surface area contributed by atoms with Crippen molar-refractivity contribution in [2.75, 3.05) is 0 Å². The average Bonchev–Trinajstić information content (AvgIpc) is 2.46. The predicted molar refractivity (Wildman–Crippen MR) is 87.5 cm³/mol. The third kappa shape index (κ3) is 4.23. The molecule has 2 aromatic rings. The molecular formula is C20H25. The first-order valence-corrected chi connectivity index (χ1v) is 7.57. The molecule has 0 N–H and O–H groups in total. The van der Waals surface area contributed by atoms with Crippen LogP contribution in [0.2, 0.25) is 0 Å². The van der Waals surface area contributed by atoms with Gasteiger partial charge in [0.1, 0.15) is 0 Å². The molecule has 1 atom stereocenters. The van der Waals surface area contributed by atoms with Crippen LogP contribution in [0.25, 0.3) is 0 Å². The topological polar surface area (TPSA) is 0 Å². The Morgan fingerprint density at radius 2 is 1.30 bits per heavy atom. The maximum absolute atomic E-state index is 2.34. The molecule has 2 rings (SSSR count). The number of hydrogen-bond acceptors (Lipinski definition) is 0. The fourth-order valence-corrected chi connectivity index (χ4v) is 2.90. The normalized spacial score (nSPS) is 12.8. The van der Waals surface area contributed by atoms with E-state index in [0.717, 1.165) is 12.8 Å². The molecule has 0 fully saturated rings. The highest BCUT2D eigenvalue weighted by Gasteiger charge is 2.21. The summed E-state index contributed by atoms with van der Waals surface area (Å²) >= 11 is 0. The molecule has 20 heavy (non-hydrogen) atoms. The maximum Gasteiger partial charge on any atom is -0.0192 e. The van der Waals surface area contributed by atoms with Crippen molar-refractivity contribution in [2.24, 2.45) is 11.8 Å². The summed E-state index contributed by atoms with van der Waals surface area (Å²) in [7, 11) is 0. The van der Waals surface area contributed by atoms with Crippen LogP contribution in [-0.4, -0.2) is 0 Å². The van der Waals surface area contributed by atoms with E-state index in [1.54, 1.807) is 5.92 Å². The second-order valence-electron chi connectivity index (χ2n) is 6.05. The number of rotatable bonds is 6. The summed E-state index contributed by atoms with van der Waals surface area (Å²) in [4.78, 5) is 0. The summed E-state index contributed by atoms with van der Waals surface area (Å²) < 4.78 is 0. The predicted octanol–water partition coefficient (Wildman–Crippen LogP) is 5.34. The Balaban J connectivity index is 2.04. The lowest BCUT2D eigenvalue weighted by molar-refractivity contribution is 0.389. The van der Waals surface area contributed by atoms with E-state index >= 15 is 0 Å². The van der Waals surface area contributed by atoms with Gasteiger partial charge < -0.3 is 0 Å². The first-order chi connectivity index (χ1) is 9.66.